The molecule has 0 aliphatic carbocycles. The third kappa shape index (κ3) is 3.24. The quantitative estimate of drug-likeness (QED) is 0.767. The number of hydrogen-bond acceptors (Lipinski definition) is 2. The van der Waals surface area contributed by atoms with Crippen LogP contribution in [0.3, 0.4) is 0 Å². The van der Waals surface area contributed by atoms with E-state index < -0.39 is 0 Å². The van der Waals surface area contributed by atoms with Crippen molar-refractivity contribution in [3.8, 4) is 0 Å². The first kappa shape index (κ1) is 13.0. The van der Waals surface area contributed by atoms with Crippen molar-refractivity contribution in [3.05, 3.63) is 28.8 Å². The van der Waals surface area contributed by atoms with Gasteiger partial charge in [0.25, 0.3) is 0 Å². The van der Waals surface area contributed by atoms with Crippen molar-refractivity contribution in [2.45, 2.75) is 27.7 Å². The van der Waals surface area contributed by atoms with Crippen LogP contribution in [0.5, 0.6) is 0 Å². The van der Waals surface area contributed by atoms with Crippen molar-refractivity contribution in [1.29, 1.82) is 0 Å². The van der Waals surface area contributed by atoms with Crippen LogP contribution in [0, 0.1) is 20.8 Å². The Bertz CT molecular complexity index is 322. The highest BCUT2D eigenvalue weighted by atomic mass is 15.1. The van der Waals surface area contributed by atoms with Crippen LogP contribution in [0.1, 0.15) is 23.6 Å². The fourth-order valence-electron chi connectivity index (χ4n) is 2.31. The number of aryl methyl sites for hydroxylation is 3. The topological polar surface area (TPSA) is 15.3 Å². The number of benzene rings is 1. The smallest absolute Gasteiger partial charge is 0.0423 e. The minimum atomic E-state index is 1.04. The molecule has 0 fully saturated rings. The van der Waals surface area contributed by atoms with Gasteiger partial charge in [0, 0.05) is 25.8 Å². The molecule has 1 N–H and O–H groups in total. The highest BCUT2D eigenvalue weighted by Gasteiger charge is 2.08. The molecular formula is C14H24N2. The molecule has 0 atom stereocenters. The number of hydrogen-bond donors (Lipinski definition) is 1. The van der Waals surface area contributed by atoms with Gasteiger partial charge in [0.2, 0.25) is 0 Å². The molecule has 0 unspecified atom stereocenters. The summed E-state index contributed by atoms with van der Waals surface area (Å²) >= 11 is 0. The van der Waals surface area contributed by atoms with Gasteiger partial charge in [-0.05, 0) is 38.4 Å². The summed E-state index contributed by atoms with van der Waals surface area (Å²) in [6.07, 6.45) is 0. The average Bonchev–Trinajstić information content (AvgIpc) is 2.16. The first-order valence-corrected chi connectivity index (χ1v) is 6.06. The molecule has 0 heterocycles. The Morgan fingerprint density at radius 2 is 1.69 bits per heavy atom. The molecule has 0 aromatic heterocycles. The second kappa shape index (κ2) is 5.90. The Balaban J connectivity index is 2.78. The summed E-state index contributed by atoms with van der Waals surface area (Å²) in [5.41, 5.74) is 5.47. The Labute approximate surface area is 99.7 Å². The van der Waals surface area contributed by atoms with Crippen LogP contribution < -0.4 is 10.2 Å². The number of nitrogens with one attached hydrogen (secondary N) is 1. The predicted octanol–water partition coefficient (Wildman–Crippen LogP) is 2.66. The van der Waals surface area contributed by atoms with Gasteiger partial charge in [-0.25, -0.2) is 0 Å². The molecule has 0 aliphatic heterocycles. The molecule has 0 spiro atoms. The Morgan fingerprint density at radius 1 is 1.12 bits per heavy atom. The van der Waals surface area contributed by atoms with Crippen LogP contribution >= 0.6 is 0 Å². The molecule has 1 aromatic rings. The Morgan fingerprint density at radius 3 is 2.19 bits per heavy atom. The van der Waals surface area contributed by atoms with Crippen molar-refractivity contribution in [2.24, 2.45) is 0 Å². The first-order chi connectivity index (χ1) is 7.56. The van der Waals surface area contributed by atoms with Crippen LogP contribution in [0.25, 0.3) is 0 Å². The standard InChI is InChI=1S/C14H24N2/c1-6-15-7-8-16(5)14-12(3)9-11(2)10-13(14)4/h9-10,15H,6-8H2,1-5H3. The lowest BCUT2D eigenvalue weighted by atomic mass is 10.0. The van der Waals surface area contributed by atoms with Gasteiger partial charge >= 0.3 is 0 Å². The molecule has 1 aromatic carbocycles. The fourth-order valence-corrected chi connectivity index (χ4v) is 2.31. The minimum Gasteiger partial charge on any atom is -0.373 e. The van der Waals surface area contributed by atoms with Crippen molar-refractivity contribution in [2.75, 3.05) is 31.6 Å². The van der Waals surface area contributed by atoms with E-state index in [0.717, 1.165) is 19.6 Å². The maximum Gasteiger partial charge on any atom is 0.0423 e. The molecule has 0 saturated heterocycles. The average molecular weight is 220 g/mol. The SMILES string of the molecule is CCNCCN(C)c1c(C)cc(C)cc1C. The Hall–Kier alpha value is -1.02. The summed E-state index contributed by atoms with van der Waals surface area (Å²) in [5, 5.41) is 3.36. The number of rotatable bonds is 5. The third-order valence-electron chi connectivity index (χ3n) is 2.89. The highest BCUT2D eigenvalue weighted by molar-refractivity contribution is 5.59. The summed E-state index contributed by atoms with van der Waals surface area (Å²) in [5.74, 6) is 0. The zero-order chi connectivity index (χ0) is 12.1. The largest absolute Gasteiger partial charge is 0.373 e. The van der Waals surface area contributed by atoms with E-state index in [0.29, 0.717) is 0 Å². The fraction of sp³-hybridized carbons (Fsp3) is 0.571. The Kier molecular flexibility index (Phi) is 4.81. The molecule has 0 radical (unpaired) electrons. The monoisotopic (exact) mass is 220 g/mol. The minimum absolute atomic E-state index is 1.04. The number of anilines is 1. The zero-order valence-electron chi connectivity index (χ0n) is 11.2. The number of nitrogens with zero attached hydrogens (tertiary/aromatic N) is 1. The first-order valence-electron chi connectivity index (χ1n) is 6.06. The van der Waals surface area contributed by atoms with E-state index in [2.05, 4.69) is 57.1 Å². The zero-order valence-corrected chi connectivity index (χ0v) is 11.2. The van der Waals surface area contributed by atoms with E-state index in [1.54, 1.807) is 0 Å². The molecule has 2 heteroatoms. The van der Waals surface area contributed by atoms with Crippen LogP contribution in [-0.4, -0.2) is 26.7 Å². The van der Waals surface area contributed by atoms with E-state index in [-0.39, 0.29) is 0 Å². The molecule has 90 valence electrons. The van der Waals surface area contributed by atoms with Crippen LogP contribution in [0.2, 0.25) is 0 Å². The lowest BCUT2D eigenvalue weighted by Crippen LogP contribution is -2.29. The molecule has 2 nitrogen and oxygen atoms in total. The molecule has 0 bridgehead atoms. The van der Waals surface area contributed by atoms with Crippen LogP contribution in [0.4, 0.5) is 5.69 Å². The van der Waals surface area contributed by atoms with E-state index in [9.17, 15) is 0 Å². The van der Waals surface area contributed by atoms with Crippen LogP contribution in [0.15, 0.2) is 12.1 Å². The second-order valence-corrected chi connectivity index (χ2v) is 4.52. The molecule has 16 heavy (non-hydrogen) atoms. The van der Waals surface area contributed by atoms with Gasteiger partial charge in [-0.2, -0.15) is 0 Å². The van der Waals surface area contributed by atoms with E-state index in [4.69, 9.17) is 0 Å². The van der Waals surface area contributed by atoms with Gasteiger partial charge in [0.05, 0.1) is 0 Å². The molecule has 0 aliphatic rings. The second-order valence-electron chi connectivity index (χ2n) is 4.52. The normalized spacial score (nSPS) is 10.6. The van der Waals surface area contributed by atoms with Gasteiger partial charge in [0.15, 0.2) is 0 Å². The summed E-state index contributed by atoms with van der Waals surface area (Å²) in [6.45, 7) is 11.8. The molecule has 0 amide bonds. The number of likely N-dealkylation sites (N-methyl/N-ethyl adjacent to an activating group) is 2. The van der Waals surface area contributed by atoms with Gasteiger partial charge < -0.3 is 10.2 Å². The van der Waals surface area contributed by atoms with Crippen molar-refractivity contribution >= 4 is 5.69 Å². The predicted molar refractivity (Wildman–Crippen MR) is 72.5 cm³/mol. The molecular weight excluding hydrogens is 196 g/mol. The lowest BCUT2D eigenvalue weighted by molar-refractivity contribution is 0.705. The molecule has 1 rings (SSSR count). The van der Waals surface area contributed by atoms with Crippen molar-refractivity contribution in [1.82, 2.24) is 5.32 Å². The van der Waals surface area contributed by atoms with Gasteiger partial charge in [-0.1, -0.05) is 24.6 Å². The maximum atomic E-state index is 3.36. The van der Waals surface area contributed by atoms with Crippen molar-refractivity contribution < 1.29 is 0 Å². The van der Waals surface area contributed by atoms with Gasteiger partial charge in [-0.15, -0.1) is 0 Å². The van der Waals surface area contributed by atoms with E-state index in [1.807, 2.05) is 0 Å². The summed E-state index contributed by atoms with van der Waals surface area (Å²) in [6, 6.07) is 4.51. The third-order valence-corrected chi connectivity index (χ3v) is 2.89. The maximum absolute atomic E-state index is 3.36. The highest BCUT2D eigenvalue weighted by Crippen LogP contribution is 2.24. The summed E-state index contributed by atoms with van der Waals surface area (Å²) in [7, 11) is 2.17. The lowest BCUT2D eigenvalue weighted by Gasteiger charge is -2.24. The summed E-state index contributed by atoms with van der Waals surface area (Å²) < 4.78 is 0. The van der Waals surface area contributed by atoms with E-state index >= 15 is 0 Å². The summed E-state index contributed by atoms with van der Waals surface area (Å²) in [4.78, 5) is 2.34. The molecule has 0 saturated carbocycles. The van der Waals surface area contributed by atoms with Gasteiger partial charge in [-0.3, -0.25) is 0 Å². The van der Waals surface area contributed by atoms with E-state index in [1.165, 1.54) is 22.4 Å². The van der Waals surface area contributed by atoms with Gasteiger partial charge in [0.1, 0.15) is 0 Å². The van der Waals surface area contributed by atoms with Crippen molar-refractivity contribution in [3.63, 3.8) is 0 Å². The van der Waals surface area contributed by atoms with Crippen LogP contribution in [-0.2, 0) is 0 Å².